The monoisotopic (exact) mass is 681 g/mol. The average Bonchev–Trinajstić information content (AvgIpc) is 3.53. The van der Waals surface area contributed by atoms with Crippen LogP contribution in [-0.4, -0.2) is 29.6 Å². The lowest BCUT2D eigenvalue weighted by molar-refractivity contribution is -0.253. The van der Waals surface area contributed by atoms with Gasteiger partial charge in [0.05, 0.1) is 5.69 Å². The van der Waals surface area contributed by atoms with Crippen molar-refractivity contribution in [1.82, 2.24) is 15.6 Å². The van der Waals surface area contributed by atoms with Crippen LogP contribution in [0.5, 0.6) is 5.75 Å². The first kappa shape index (κ1) is 34.6. The van der Waals surface area contributed by atoms with Crippen molar-refractivity contribution in [2.24, 2.45) is 0 Å². The van der Waals surface area contributed by atoms with Crippen LogP contribution in [0, 0.1) is 29.1 Å². The molecule has 0 aliphatic heterocycles. The summed E-state index contributed by atoms with van der Waals surface area (Å²) in [5.74, 6) is -6.78. The van der Waals surface area contributed by atoms with Crippen LogP contribution in [-0.2, 0) is 18.4 Å². The van der Waals surface area contributed by atoms with Gasteiger partial charge in [-0.15, -0.1) is 0 Å². The number of amides is 2. The third-order valence-electron chi connectivity index (χ3n) is 8.00. The highest BCUT2D eigenvalue weighted by atomic mass is 19.3. The van der Waals surface area contributed by atoms with Gasteiger partial charge in [-0.1, -0.05) is 31.0 Å². The van der Waals surface area contributed by atoms with Gasteiger partial charge in [0.2, 0.25) is 0 Å². The quantitative estimate of drug-likeness (QED) is 0.157. The zero-order chi connectivity index (χ0) is 34.6. The third-order valence-corrected chi connectivity index (χ3v) is 8.00. The molecule has 1 unspecified atom stereocenters. The zero-order valence-electron chi connectivity index (χ0n) is 25.0. The Morgan fingerprint density at radius 3 is 2.04 bits per heavy atom. The molecule has 2 N–H and O–H groups in total. The summed E-state index contributed by atoms with van der Waals surface area (Å²) in [6, 6.07) is 10.0. The van der Waals surface area contributed by atoms with Crippen LogP contribution in [0.15, 0.2) is 72.9 Å². The maximum absolute atomic E-state index is 15.1. The van der Waals surface area contributed by atoms with E-state index in [0.29, 0.717) is 30.0 Å². The predicted octanol–water partition coefficient (Wildman–Crippen LogP) is 8.33. The molecule has 5 rings (SSSR count). The van der Waals surface area contributed by atoms with Crippen LogP contribution >= 0.6 is 0 Å². The highest BCUT2D eigenvalue weighted by Gasteiger charge is 2.45. The SMILES string of the molecule is O=C(NC1CCCC1)NC(Cc1ccc(F)c(F)c1)(c1cc(F)cc(OC(F)(F)C(F)F)c1)c1ccc(Cc2ccc(F)c(F)c2)cn1. The Balaban J connectivity index is 1.64. The lowest BCUT2D eigenvalue weighted by atomic mass is 9.80. The molecule has 1 atom stereocenters. The molecule has 0 radical (unpaired) electrons. The van der Waals surface area contributed by atoms with Gasteiger partial charge in [-0.05, 0) is 84.0 Å². The lowest BCUT2D eigenvalue weighted by Gasteiger charge is -2.36. The van der Waals surface area contributed by atoms with Gasteiger partial charge in [0, 0.05) is 24.7 Å². The molecule has 0 saturated heterocycles. The Kier molecular flexibility index (Phi) is 10.2. The van der Waals surface area contributed by atoms with Gasteiger partial charge in [-0.3, -0.25) is 4.98 Å². The standard InChI is InChI=1S/C34H28F9N3O2/c35-23-14-22(15-25(16-23)48-34(42,43)31(40)41)33(17-20-6-9-27(37)29(39)13-20,46-32(47)45-24-3-1-2-4-24)30-10-7-21(18-44-30)11-19-5-8-26(36)28(38)12-19/h5-10,12-16,18,24,31H,1-4,11,17H2,(H2,45,46,47). The molecule has 1 aliphatic carbocycles. The number of carbonyl (C=O) groups is 1. The highest BCUT2D eigenvalue weighted by molar-refractivity contribution is 5.76. The Labute approximate surface area is 269 Å². The summed E-state index contributed by atoms with van der Waals surface area (Å²) in [6.45, 7) is 0. The summed E-state index contributed by atoms with van der Waals surface area (Å²) >= 11 is 0. The molecule has 14 heteroatoms. The molecular weight excluding hydrogens is 653 g/mol. The summed E-state index contributed by atoms with van der Waals surface area (Å²) in [5.41, 5.74) is -1.49. The van der Waals surface area contributed by atoms with Crippen molar-refractivity contribution in [2.75, 3.05) is 0 Å². The number of alkyl halides is 4. The number of hydrogen-bond donors (Lipinski definition) is 2. The molecule has 0 spiro atoms. The summed E-state index contributed by atoms with van der Waals surface area (Å²) < 4.78 is 129. The Bertz CT molecular complexity index is 1770. The van der Waals surface area contributed by atoms with Gasteiger partial charge in [0.25, 0.3) is 0 Å². The minimum atomic E-state index is -5.01. The number of halogens is 9. The van der Waals surface area contributed by atoms with Gasteiger partial charge < -0.3 is 15.4 Å². The molecule has 1 aliphatic rings. The fraction of sp³-hybridized carbons (Fsp3) is 0.294. The first-order chi connectivity index (χ1) is 22.7. The molecule has 1 fully saturated rings. The predicted molar refractivity (Wildman–Crippen MR) is 156 cm³/mol. The number of nitrogens with one attached hydrogen (secondary N) is 2. The zero-order valence-corrected chi connectivity index (χ0v) is 25.0. The van der Waals surface area contributed by atoms with Gasteiger partial charge in [0.1, 0.15) is 17.1 Å². The molecule has 1 aromatic heterocycles. The Hall–Kier alpha value is -4.75. The minimum absolute atomic E-state index is 0.0485. The average molecular weight is 682 g/mol. The normalized spacial score (nSPS) is 15.0. The number of ether oxygens (including phenoxy) is 1. The minimum Gasteiger partial charge on any atom is -0.428 e. The van der Waals surface area contributed by atoms with E-state index in [4.69, 9.17) is 0 Å². The second kappa shape index (κ2) is 14.2. The lowest BCUT2D eigenvalue weighted by Crippen LogP contribution is -2.54. The number of aromatic nitrogens is 1. The van der Waals surface area contributed by atoms with Crippen LogP contribution in [0.3, 0.4) is 0 Å². The fourth-order valence-corrected chi connectivity index (χ4v) is 5.70. The number of benzene rings is 3. The molecule has 4 aromatic rings. The van der Waals surface area contributed by atoms with Gasteiger partial charge in [-0.25, -0.2) is 26.7 Å². The molecule has 2 amide bonds. The van der Waals surface area contributed by atoms with Crippen molar-refractivity contribution < 1.29 is 49.0 Å². The third kappa shape index (κ3) is 8.03. The van der Waals surface area contributed by atoms with Crippen molar-refractivity contribution in [3.63, 3.8) is 0 Å². The van der Waals surface area contributed by atoms with E-state index in [1.54, 1.807) is 0 Å². The van der Waals surface area contributed by atoms with Crippen LogP contribution in [0.4, 0.5) is 44.3 Å². The van der Waals surface area contributed by atoms with E-state index in [9.17, 15) is 39.9 Å². The fourth-order valence-electron chi connectivity index (χ4n) is 5.70. The van der Waals surface area contributed by atoms with E-state index in [1.807, 2.05) is 0 Å². The first-order valence-electron chi connectivity index (χ1n) is 14.8. The van der Waals surface area contributed by atoms with Gasteiger partial charge >= 0.3 is 18.6 Å². The van der Waals surface area contributed by atoms with Crippen molar-refractivity contribution in [2.45, 2.75) is 62.6 Å². The van der Waals surface area contributed by atoms with E-state index in [1.165, 1.54) is 30.5 Å². The maximum Gasteiger partial charge on any atom is 0.461 e. The molecule has 5 nitrogen and oxygen atoms in total. The van der Waals surface area contributed by atoms with Gasteiger partial charge in [0.15, 0.2) is 23.3 Å². The topological polar surface area (TPSA) is 63.2 Å². The molecule has 1 saturated carbocycles. The van der Waals surface area contributed by atoms with E-state index >= 15 is 4.39 Å². The van der Waals surface area contributed by atoms with E-state index < -0.39 is 65.4 Å². The summed E-state index contributed by atoms with van der Waals surface area (Å²) in [4.78, 5) is 18.0. The Morgan fingerprint density at radius 1 is 0.812 bits per heavy atom. The highest BCUT2D eigenvalue weighted by Crippen LogP contribution is 2.37. The van der Waals surface area contributed by atoms with Crippen LogP contribution in [0.1, 0.15) is 53.6 Å². The number of hydrogen-bond acceptors (Lipinski definition) is 3. The second-order valence-electron chi connectivity index (χ2n) is 11.5. The molecule has 48 heavy (non-hydrogen) atoms. The molecule has 3 aromatic carbocycles. The number of rotatable bonds is 11. The number of carbonyl (C=O) groups excluding carboxylic acids is 1. The Morgan fingerprint density at radius 2 is 1.44 bits per heavy atom. The van der Waals surface area contributed by atoms with Crippen molar-refractivity contribution in [1.29, 1.82) is 0 Å². The number of nitrogens with zero attached hydrogens (tertiary/aromatic N) is 1. The number of urea groups is 1. The van der Waals surface area contributed by atoms with Gasteiger partial charge in [-0.2, -0.15) is 17.6 Å². The second-order valence-corrected chi connectivity index (χ2v) is 11.5. The summed E-state index contributed by atoms with van der Waals surface area (Å²) in [5, 5.41) is 5.51. The van der Waals surface area contributed by atoms with Crippen LogP contribution < -0.4 is 15.4 Å². The summed E-state index contributed by atoms with van der Waals surface area (Å²) in [7, 11) is 0. The molecule has 254 valence electrons. The molecule has 1 heterocycles. The summed E-state index contributed by atoms with van der Waals surface area (Å²) in [6.07, 6.45) is -5.36. The van der Waals surface area contributed by atoms with Crippen LogP contribution in [0.2, 0.25) is 0 Å². The van der Waals surface area contributed by atoms with Crippen molar-refractivity contribution in [3.05, 3.63) is 130 Å². The van der Waals surface area contributed by atoms with Crippen LogP contribution in [0.25, 0.3) is 0 Å². The van der Waals surface area contributed by atoms with E-state index in [-0.39, 0.29) is 29.3 Å². The van der Waals surface area contributed by atoms with Crippen molar-refractivity contribution >= 4 is 6.03 Å². The molecular formula is C34H28F9N3O2. The first-order valence-corrected chi connectivity index (χ1v) is 14.8. The van der Waals surface area contributed by atoms with E-state index in [2.05, 4.69) is 20.4 Å². The van der Waals surface area contributed by atoms with Crippen molar-refractivity contribution in [3.8, 4) is 5.75 Å². The largest absolute Gasteiger partial charge is 0.461 e. The number of pyridine rings is 1. The maximum atomic E-state index is 15.1. The molecule has 0 bridgehead atoms. The smallest absolute Gasteiger partial charge is 0.428 e. The van der Waals surface area contributed by atoms with E-state index in [0.717, 1.165) is 49.2 Å².